The predicted octanol–water partition coefficient (Wildman–Crippen LogP) is 4.18. The number of hydrogen-bond acceptors (Lipinski definition) is 3. The maximum atomic E-state index is 6.03. The number of benzene rings is 1. The zero-order valence-corrected chi connectivity index (χ0v) is 11.4. The Morgan fingerprint density at radius 3 is 2.84 bits per heavy atom. The Bertz CT molecular complexity index is 815. The molecule has 1 aromatic carbocycles. The quantitative estimate of drug-likeness (QED) is 0.681. The van der Waals surface area contributed by atoms with Gasteiger partial charge >= 0.3 is 0 Å². The summed E-state index contributed by atoms with van der Waals surface area (Å²) in [6.07, 6.45) is 7.23. The molecular weight excluding hydrogens is 276 g/mol. The van der Waals surface area contributed by atoms with Gasteiger partial charge in [-0.15, -0.1) is 17.8 Å². The number of fused-ring (bicyclic) bond motifs is 1. The lowest BCUT2D eigenvalue weighted by Gasteiger charge is -2.02. The van der Waals surface area contributed by atoms with E-state index in [9.17, 15) is 0 Å². The molecule has 0 bridgehead atoms. The molecule has 0 spiro atoms. The van der Waals surface area contributed by atoms with Gasteiger partial charge in [0.25, 0.3) is 0 Å². The van der Waals surface area contributed by atoms with Gasteiger partial charge in [0, 0.05) is 22.2 Å². The molecule has 2 nitrogen and oxygen atoms in total. The van der Waals surface area contributed by atoms with E-state index >= 15 is 0 Å². The van der Waals surface area contributed by atoms with Crippen molar-refractivity contribution in [1.29, 1.82) is 0 Å². The maximum absolute atomic E-state index is 6.03. The van der Waals surface area contributed by atoms with Crippen molar-refractivity contribution in [3.8, 4) is 23.5 Å². The van der Waals surface area contributed by atoms with E-state index in [1.807, 2.05) is 36.5 Å². The maximum Gasteiger partial charge on any atom is 0.126 e. The van der Waals surface area contributed by atoms with Crippen LogP contribution in [-0.2, 0) is 0 Å². The largest absolute Gasteiger partial charge is 0.396 e. The van der Waals surface area contributed by atoms with E-state index in [1.54, 1.807) is 0 Å². The van der Waals surface area contributed by atoms with Crippen LogP contribution in [0.2, 0.25) is 5.02 Å². The van der Waals surface area contributed by atoms with Gasteiger partial charge in [0.05, 0.1) is 5.69 Å². The third-order valence-corrected chi connectivity index (χ3v) is 4.17. The number of hydrogen-bond donors (Lipinski definition) is 1. The summed E-state index contributed by atoms with van der Waals surface area (Å²) in [6.45, 7) is 0. The van der Waals surface area contributed by atoms with Gasteiger partial charge < -0.3 is 5.73 Å². The smallest absolute Gasteiger partial charge is 0.126 e. The van der Waals surface area contributed by atoms with Crippen LogP contribution in [0.25, 0.3) is 21.3 Å². The van der Waals surface area contributed by atoms with E-state index in [0.29, 0.717) is 10.7 Å². The van der Waals surface area contributed by atoms with E-state index < -0.39 is 0 Å². The first-order valence-corrected chi connectivity index (χ1v) is 6.79. The fourth-order valence-corrected chi connectivity index (χ4v) is 2.98. The van der Waals surface area contributed by atoms with E-state index in [1.165, 1.54) is 11.3 Å². The van der Waals surface area contributed by atoms with Crippen molar-refractivity contribution < 1.29 is 0 Å². The van der Waals surface area contributed by atoms with Gasteiger partial charge in [-0.2, -0.15) is 0 Å². The first kappa shape index (κ1) is 12.0. The number of anilines is 1. The second kappa shape index (κ2) is 4.58. The lowest BCUT2D eigenvalue weighted by molar-refractivity contribution is 1.44. The minimum absolute atomic E-state index is 0.624. The highest BCUT2D eigenvalue weighted by Gasteiger charge is 2.10. The van der Waals surface area contributed by atoms with Gasteiger partial charge in [-0.3, -0.25) is 0 Å². The third kappa shape index (κ3) is 2.06. The summed E-state index contributed by atoms with van der Waals surface area (Å²) in [5.74, 6) is 2.59. The highest BCUT2D eigenvalue weighted by molar-refractivity contribution is 7.19. The van der Waals surface area contributed by atoms with Crippen LogP contribution in [0.5, 0.6) is 0 Å². The summed E-state index contributed by atoms with van der Waals surface area (Å²) in [6, 6.07) is 9.63. The van der Waals surface area contributed by atoms with Gasteiger partial charge in [0.2, 0.25) is 0 Å². The van der Waals surface area contributed by atoms with Crippen LogP contribution in [0, 0.1) is 12.3 Å². The number of pyridine rings is 1. The molecule has 92 valence electrons. The molecule has 0 amide bonds. The zero-order valence-electron chi connectivity index (χ0n) is 9.85. The molecule has 0 fully saturated rings. The topological polar surface area (TPSA) is 38.9 Å². The summed E-state index contributed by atoms with van der Waals surface area (Å²) >= 11 is 7.43. The highest BCUT2D eigenvalue weighted by Crippen LogP contribution is 2.34. The SMILES string of the molecule is C#Cc1sc2ncc(-c3cccc(Cl)c3)cc2c1N. The number of rotatable bonds is 1. The van der Waals surface area contributed by atoms with Crippen LogP contribution in [0.15, 0.2) is 36.5 Å². The molecule has 19 heavy (non-hydrogen) atoms. The van der Waals surface area contributed by atoms with E-state index in [0.717, 1.165) is 26.2 Å². The highest BCUT2D eigenvalue weighted by atomic mass is 35.5. The molecule has 3 aromatic rings. The lowest BCUT2D eigenvalue weighted by Crippen LogP contribution is -1.86. The average Bonchev–Trinajstić information content (AvgIpc) is 2.75. The summed E-state index contributed by atoms with van der Waals surface area (Å²) in [7, 11) is 0. The van der Waals surface area contributed by atoms with Crippen LogP contribution in [0.3, 0.4) is 0 Å². The van der Waals surface area contributed by atoms with Crippen LogP contribution >= 0.6 is 22.9 Å². The normalized spacial score (nSPS) is 10.5. The van der Waals surface area contributed by atoms with Crippen LogP contribution in [-0.4, -0.2) is 4.98 Å². The second-order valence-electron chi connectivity index (χ2n) is 4.08. The number of nitrogens with two attached hydrogens (primary N) is 1. The summed E-state index contributed by atoms with van der Waals surface area (Å²) in [4.78, 5) is 6.00. The lowest BCUT2D eigenvalue weighted by atomic mass is 10.1. The van der Waals surface area contributed by atoms with Crippen molar-refractivity contribution in [3.63, 3.8) is 0 Å². The van der Waals surface area contributed by atoms with Gasteiger partial charge in [-0.1, -0.05) is 29.7 Å². The van der Waals surface area contributed by atoms with E-state index in [4.69, 9.17) is 23.8 Å². The molecule has 0 aliphatic heterocycles. The van der Waals surface area contributed by atoms with Gasteiger partial charge in [-0.05, 0) is 23.8 Å². The molecule has 3 rings (SSSR count). The first-order chi connectivity index (χ1) is 9.19. The fourth-order valence-electron chi connectivity index (χ4n) is 1.93. The average molecular weight is 285 g/mol. The minimum Gasteiger partial charge on any atom is -0.396 e. The molecule has 2 N–H and O–H groups in total. The van der Waals surface area contributed by atoms with E-state index in [-0.39, 0.29) is 0 Å². The molecule has 0 saturated carbocycles. The second-order valence-corrected chi connectivity index (χ2v) is 5.51. The minimum atomic E-state index is 0.624. The Balaban J connectivity index is 2.22. The monoisotopic (exact) mass is 284 g/mol. The van der Waals surface area contributed by atoms with Crippen molar-refractivity contribution >= 4 is 38.8 Å². The molecule has 0 saturated heterocycles. The number of aromatic nitrogens is 1. The van der Waals surface area contributed by atoms with Crippen molar-refractivity contribution in [3.05, 3.63) is 46.4 Å². The Morgan fingerprint density at radius 1 is 1.26 bits per heavy atom. The zero-order chi connectivity index (χ0) is 13.4. The molecule has 2 aromatic heterocycles. The van der Waals surface area contributed by atoms with Crippen molar-refractivity contribution in [2.45, 2.75) is 0 Å². The molecule has 0 atom stereocenters. The summed E-state index contributed by atoms with van der Waals surface area (Å²) in [5, 5.41) is 1.59. The molecule has 4 heteroatoms. The van der Waals surface area contributed by atoms with Crippen LogP contribution < -0.4 is 5.73 Å². The Morgan fingerprint density at radius 2 is 2.11 bits per heavy atom. The Labute approximate surface area is 119 Å². The number of terminal acetylenes is 1. The fraction of sp³-hybridized carbons (Fsp3) is 0. The number of nitrogens with zero attached hydrogens (tertiary/aromatic N) is 1. The molecule has 0 unspecified atom stereocenters. The Kier molecular flexibility index (Phi) is 2.90. The summed E-state index contributed by atoms with van der Waals surface area (Å²) in [5.41, 5.74) is 8.64. The molecular formula is C15H9ClN2S. The van der Waals surface area contributed by atoms with Crippen molar-refractivity contribution in [2.24, 2.45) is 0 Å². The van der Waals surface area contributed by atoms with Crippen LogP contribution in [0.4, 0.5) is 5.69 Å². The summed E-state index contributed by atoms with van der Waals surface area (Å²) < 4.78 is 0. The van der Waals surface area contributed by atoms with Gasteiger partial charge in [0.1, 0.15) is 9.71 Å². The predicted molar refractivity (Wildman–Crippen MR) is 82.4 cm³/mol. The third-order valence-electron chi connectivity index (χ3n) is 2.87. The molecule has 0 radical (unpaired) electrons. The molecule has 0 aliphatic rings. The number of halogens is 1. The van der Waals surface area contributed by atoms with Crippen molar-refractivity contribution in [2.75, 3.05) is 5.73 Å². The first-order valence-electron chi connectivity index (χ1n) is 5.59. The van der Waals surface area contributed by atoms with Crippen LogP contribution in [0.1, 0.15) is 4.88 Å². The Hall–Kier alpha value is -2.02. The number of nitrogen functional groups attached to an aromatic ring is 1. The van der Waals surface area contributed by atoms with Gasteiger partial charge in [-0.25, -0.2) is 4.98 Å². The molecule has 2 heterocycles. The van der Waals surface area contributed by atoms with Crippen molar-refractivity contribution in [1.82, 2.24) is 4.98 Å². The number of thiophene rings is 1. The molecule has 0 aliphatic carbocycles. The van der Waals surface area contributed by atoms with E-state index in [2.05, 4.69) is 10.9 Å². The standard InChI is InChI=1S/C15H9ClN2S/c1-2-13-14(17)12-7-10(8-18-15(12)19-13)9-4-3-5-11(16)6-9/h1,3-8H,17H2. The van der Waals surface area contributed by atoms with Gasteiger partial charge in [0.15, 0.2) is 0 Å².